The van der Waals surface area contributed by atoms with E-state index in [1.807, 2.05) is 24.3 Å². The summed E-state index contributed by atoms with van der Waals surface area (Å²) in [6.07, 6.45) is 0. The minimum Gasteiger partial charge on any atom is -0.273 e. The van der Waals surface area contributed by atoms with Crippen molar-refractivity contribution in [1.82, 2.24) is 9.78 Å². The van der Waals surface area contributed by atoms with Gasteiger partial charge >= 0.3 is 0 Å². The summed E-state index contributed by atoms with van der Waals surface area (Å²) in [5.74, 6) is -0.136. The minimum absolute atomic E-state index is 0.136. The molecule has 0 fully saturated rings. The Morgan fingerprint density at radius 1 is 1.46 bits per heavy atom. The Morgan fingerprint density at radius 3 is 2.85 bits per heavy atom. The quantitative estimate of drug-likeness (QED) is 0.645. The first-order chi connectivity index (χ1) is 6.20. The highest BCUT2D eigenvalue weighted by Gasteiger charge is 2.09. The summed E-state index contributed by atoms with van der Waals surface area (Å²) in [4.78, 5) is 11.1. The highest BCUT2D eigenvalue weighted by atomic mass is 35.5. The number of nitrogens with zero attached hydrogens (tertiary/aromatic N) is 2. The first-order valence-corrected chi connectivity index (χ1v) is 4.22. The van der Waals surface area contributed by atoms with Crippen LogP contribution < -0.4 is 0 Å². The van der Waals surface area contributed by atoms with Gasteiger partial charge in [0.2, 0.25) is 5.91 Å². The fraction of sp³-hybridized carbons (Fsp3) is 0.111. The number of aromatic nitrogens is 2. The summed E-state index contributed by atoms with van der Waals surface area (Å²) in [5, 5.41) is 5.09. The number of para-hydroxylation sites is 1. The SMILES string of the molecule is CC(=O)n1nc(Cl)c2ccccc21. The Hall–Kier alpha value is -1.35. The lowest BCUT2D eigenvalue weighted by atomic mass is 10.2. The fourth-order valence-electron chi connectivity index (χ4n) is 1.27. The van der Waals surface area contributed by atoms with E-state index in [9.17, 15) is 4.79 Å². The molecule has 0 saturated carbocycles. The average molecular weight is 195 g/mol. The molecule has 0 amide bonds. The Morgan fingerprint density at radius 2 is 2.15 bits per heavy atom. The van der Waals surface area contributed by atoms with E-state index in [0.717, 1.165) is 10.9 Å². The first kappa shape index (κ1) is 8.26. The van der Waals surface area contributed by atoms with E-state index in [0.29, 0.717) is 5.15 Å². The molecule has 0 spiro atoms. The Bertz CT molecular complexity index is 475. The number of benzene rings is 1. The summed E-state index contributed by atoms with van der Waals surface area (Å²) in [6, 6.07) is 7.36. The molecule has 2 aromatic rings. The third-order valence-corrected chi connectivity index (χ3v) is 2.12. The van der Waals surface area contributed by atoms with Crippen LogP contribution in [-0.4, -0.2) is 15.7 Å². The topological polar surface area (TPSA) is 34.9 Å². The van der Waals surface area contributed by atoms with Crippen molar-refractivity contribution in [3.05, 3.63) is 29.4 Å². The Kier molecular flexibility index (Phi) is 1.81. The number of carbonyl (C=O) groups is 1. The standard InChI is InChI=1S/C9H7ClN2O/c1-6(13)12-8-5-3-2-4-7(8)9(10)11-12/h2-5H,1H3. The van der Waals surface area contributed by atoms with Crippen LogP contribution in [0.15, 0.2) is 24.3 Å². The Balaban J connectivity index is 2.85. The number of carbonyl (C=O) groups excluding carboxylic acids is 1. The van der Waals surface area contributed by atoms with Crippen molar-refractivity contribution in [3.63, 3.8) is 0 Å². The molecule has 0 unspecified atom stereocenters. The second-order valence-corrected chi connectivity index (χ2v) is 3.10. The van der Waals surface area contributed by atoms with Gasteiger partial charge in [-0.2, -0.15) is 9.78 Å². The zero-order valence-corrected chi connectivity index (χ0v) is 7.75. The van der Waals surface area contributed by atoms with Crippen molar-refractivity contribution in [2.24, 2.45) is 0 Å². The summed E-state index contributed by atoms with van der Waals surface area (Å²) < 4.78 is 1.30. The molecule has 0 saturated heterocycles. The molecular weight excluding hydrogens is 188 g/mol. The fourth-order valence-corrected chi connectivity index (χ4v) is 1.50. The van der Waals surface area contributed by atoms with Crippen LogP contribution in [0.4, 0.5) is 0 Å². The van der Waals surface area contributed by atoms with E-state index in [1.54, 1.807) is 0 Å². The molecule has 13 heavy (non-hydrogen) atoms. The largest absolute Gasteiger partial charge is 0.273 e. The van der Waals surface area contributed by atoms with Crippen molar-refractivity contribution in [3.8, 4) is 0 Å². The molecule has 0 N–H and O–H groups in total. The predicted molar refractivity (Wildman–Crippen MR) is 51.0 cm³/mol. The number of hydrogen-bond donors (Lipinski definition) is 0. The molecular formula is C9H7ClN2O. The van der Waals surface area contributed by atoms with Gasteiger partial charge < -0.3 is 0 Å². The highest BCUT2D eigenvalue weighted by molar-refractivity contribution is 6.34. The van der Waals surface area contributed by atoms with Crippen molar-refractivity contribution in [2.45, 2.75) is 6.92 Å². The maximum absolute atomic E-state index is 11.1. The molecule has 0 bridgehead atoms. The first-order valence-electron chi connectivity index (χ1n) is 3.84. The van der Waals surface area contributed by atoms with Gasteiger partial charge in [-0.3, -0.25) is 4.79 Å². The van der Waals surface area contributed by atoms with Crippen LogP contribution in [0.2, 0.25) is 5.15 Å². The van der Waals surface area contributed by atoms with Gasteiger partial charge in [-0.05, 0) is 12.1 Å². The molecule has 66 valence electrons. The number of hydrogen-bond acceptors (Lipinski definition) is 2. The zero-order chi connectivity index (χ0) is 9.42. The van der Waals surface area contributed by atoms with Gasteiger partial charge in [0.25, 0.3) is 0 Å². The van der Waals surface area contributed by atoms with Gasteiger partial charge in [0.1, 0.15) is 0 Å². The number of fused-ring (bicyclic) bond motifs is 1. The summed E-state index contributed by atoms with van der Waals surface area (Å²) >= 11 is 5.84. The molecule has 0 aliphatic rings. The molecule has 1 heterocycles. The predicted octanol–water partition coefficient (Wildman–Crippen LogP) is 2.35. The van der Waals surface area contributed by atoms with Crippen LogP contribution in [0.5, 0.6) is 0 Å². The van der Waals surface area contributed by atoms with Crippen LogP contribution in [0, 0.1) is 0 Å². The average Bonchev–Trinajstić information content (AvgIpc) is 2.45. The van der Waals surface area contributed by atoms with E-state index in [-0.39, 0.29) is 5.91 Å². The highest BCUT2D eigenvalue weighted by Crippen LogP contribution is 2.21. The lowest BCUT2D eigenvalue weighted by Crippen LogP contribution is -2.06. The van der Waals surface area contributed by atoms with Crippen LogP contribution in [-0.2, 0) is 0 Å². The molecule has 0 atom stereocenters. The van der Waals surface area contributed by atoms with Crippen molar-refractivity contribution >= 4 is 28.4 Å². The summed E-state index contributed by atoms with van der Waals surface area (Å²) in [5.41, 5.74) is 0.750. The van der Waals surface area contributed by atoms with E-state index in [1.165, 1.54) is 11.6 Å². The minimum atomic E-state index is -0.136. The maximum Gasteiger partial charge on any atom is 0.244 e. The van der Waals surface area contributed by atoms with Gasteiger partial charge in [-0.1, -0.05) is 23.7 Å². The lowest BCUT2D eigenvalue weighted by molar-refractivity contribution is 0.0927. The van der Waals surface area contributed by atoms with Crippen molar-refractivity contribution in [2.75, 3.05) is 0 Å². The molecule has 2 rings (SSSR count). The molecule has 1 aromatic carbocycles. The Labute approximate surface area is 79.9 Å². The zero-order valence-electron chi connectivity index (χ0n) is 6.99. The molecule has 1 aromatic heterocycles. The molecule has 0 radical (unpaired) electrons. The van der Waals surface area contributed by atoms with Gasteiger partial charge in [0.15, 0.2) is 5.15 Å². The second kappa shape index (κ2) is 2.85. The molecule has 0 aliphatic carbocycles. The third-order valence-electron chi connectivity index (χ3n) is 1.84. The van der Waals surface area contributed by atoms with Crippen LogP contribution in [0.25, 0.3) is 10.9 Å². The normalized spacial score (nSPS) is 10.6. The van der Waals surface area contributed by atoms with Crippen molar-refractivity contribution < 1.29 is 4.79 Å². The maximum atomic E-state index is 11.1. The molecule has 4 heteroatoms. The lowest BCUT2D eigenvalue weighted by Gasteiger charge is -1.94. The van der Waals surface area contributed by atoms with Gasteiger partial charge in [0.05, 0.1) is 5.52 Å². The second-order valence-electron chi connectivity index (χ2n) is 2.74. The summed E-state index contributed by atoms with van der Waals surface area (Å²) in [7, 11) is 0. The third kappa shape index (κ3) is 1.21. The number of rotatable bonds is 0. The molecule has 3 nitrogen and oxygen atoms in total. The van der Waals surface area contributed by atoms with Crippen LogP contribution in [0.1, 0.15) is 11.7 Å². The van der Waals surface area contributed by atoms with E-state index >= 15 is 0 Å². The van der Waals surface area contributed by atoms with Crippen LogP contribution >= 0.6 is 11.6 Å². The number of halogens is 1. The van der Waals surface area contributed by atoms with Gasteiger partial charge in [-0.15, -0.1) is 0 Å². The smallest absolute Gasteiger partial charge is 0.244 e. The van der Waals surface area contributed by atoms with Gasteiger partial charge in [0, 0.05) is 12.3 Å². The van der Waals surface area contributed by atoms with E-state index in [4.69, 9.17) is 11.6 Å². The van der Waals surface area contributed by atoms with Gasteiger partial charge in [-0.25, -0.2) is 0 Å². The van der Waals surface area contributed by atoms with E-state index in [2.05, 4.69) is 5.10 Å². The van der Waals surface area contributed by atoms with Crippen LogP contribution in [0.3, 0.4) is 0 Å². The summed E-state index contributed by atoms with van der Waals surface area (Å²) in [6.45, 7) is 1.45. The van der Waals surface area contributed by atoms with E-state index < -0.39 is 0 Å². The molecule has 0 aliphatic heterocycles. The van der Waals surface area contributed by atoms with Crippen molar-refractivity contribution in [1.29, 1.82) is 0 Å². The monoisotopic (exact) mass is 194 g/mol.